The van der Waals surface area contributed by atoms with Crippen LogP contribution in [-0.2, 0) is 9.53 Å². The van der Waals surface area contributed by atoms with Crippen molar-refractivity contribution in [2.24, 2.45) is 0 Å². The predicted octanol–water partition coefficient (Wildman–Crippen LogP) is 1.49. The summed E-state index contributed by atoms with van der Waals surface area (Å²) in [6.45, 7) is 3.87. The summed E-state index contributed by atoms with van der Waals surface area (Å²) in [6, 6.07) is 7.81. The molecule has 2 N–H and O–H groups in total. The van der Waals surface area contributed by atoms with Crippen molar-refractivity contribution in [1.29, 1.82) is 0 Å². The summed E-state index contributed by atoms with van der Waals surface area (Å²) in [6.07, 6.45) is 0.744. The molecule has 2 aliphatic heterocycles. The van der Waals surface area contributed by atoms with Crippen LogP contribution in [0.15, 0.2) is 24.3 Å². The van der Waals surface area contributed by atoms with Crippen LogP contribution in [0.2, 0.25) is 5.02 Å². The highest BCUT2D eigenvalue weighted by Crippen LogP contribution is 2.24. The quantitative estimate of drug-likeness (QED) is 0.869. The molecule has 0 bridgehead atoms. The zero-order chi connectivity index (χ0) is 14.8. The van der Waals surface area contributed by atoms with Gasteiger partial charge >= 0.3 is 0 Å². The smallest absolute Gasteiger partial charge is 0.241 e. The highest BCUT2D eigenvalue weighted by Gasteiger charge is 2.33. The van der Waals surface area contributed by atoms with Crippen molar-refractivity contribution >= 4 is 17.5 Å². The number of carbonyl (C=O) groups is 1. The van der Waals surface area contributed by atoms with E-state index in [1.54, 1.807) is 0 Å². The first kappa shape index (κ1) is 14.8. The lowest BCUT2D eigenvalue weighted by atomic mass is 10.1. The Bertz CT molecular complexity index is 508. The van der Waals surface area contributed by atoms with Gasteiger partial charge in [0.05, 0.1) is 13.2 Å². The van der Waals surface area contributed by atoms with E-state index in [2.05, 4.69) is 17.8 Å². The molecule has 0 saturated carbocycles. The van der Waals surface area contributed by atoms with Crippen LogP contribution < -0.4 is 10.9 Å². The van der Waals surface area contributed by atoms with Gasteiger partial charge in [0, 0.05) is 17.6 Å². The number of hydrogen-bond acceptors (Lipinski definition) is 4. The van der Waals surface area contributed by atoms with Gasteiger partial charge in [-0.1, -0.05) is 23.7 Å². The molecule has 2 saturated heterocycles. The molecule has 1 aromatic carbocycles. The lowest BCUT2D eigenvalue weighted by Gasteiger charge is -2.34. The maximum absolute atomic E-state index is 12.5. The Hall–Kier alpha value is -1.14. The SMILES string of the molecule is CC1CC(C(=O)N2CCOC(c3ccc(Cl)cc3)C2)NN1. The van der Waals surface area contributed by atoms with E-state index in [1.807, 2.05) is 29.2 Å². The van der Waals surface area contributed by atoms with E-state index in [0.29, 0.717) is 30.8 Å². The highest BCUT2D eigenvalue weighted by molar-refractivity contribution is 6.30. The van der Waals surface area contributed by atoms with Crippen molar-refractivity contribution in [2.75, 3.05) is 19.7 Å². The number of hydrogen-bond donors (Lipinski definition) is 2. The van der Waals surface area contributed by atoms with Crippen LogP contribution in [-0.4, -0.2) is 42.6 Å². The third-order valence-electron chi connectivity index (χ3n) is 4.01. The van der Waals surface area contributed by atoms with Crippen LogP contribution in [0.25, 0.3) is 0 Å². The minimum absolute atomic E-state index is 0.0771. The Morgan fingerprint density at radius 2 is 2.10 bits per heavy atom. The van der Waals surface area contributed by atoms with Crippen LogP contribution in [0.3, 0.4) is 0 Å². The first-order valence-corrected chi connectivity index (χ1v) is 7.68. The number of halogens is 1. The monoisotopic (exact) mass is 309 g/mol. The zero-order valence-corrected chi connectivity index (χ0v) is 12.8. The van der Waals surface area contributed by atoms with Gasteiger partial charge in [0.2, 0.25) is 5.91 Å². The van der Waals surface area contributed by atoms with Gasteiger partial charge < -0.3 is 9.64 Å². The maximum atomic E-state index is 12.5. The molecule has 2 fully saturated rings. The van der Waals surface area contributed by atoms with E-state index >= 15 is 0 Å². The van der Waals surface area contributed by atoms with E-state index in [-0.39, 0.29) is 18.1 Å². The van der Waals surface area contributed by atoms with Gasteiger partial charge in [-0.3, -0.25) is 10.2 Å². The number of benzene rings is 1. The standard InChI is InChI=1S/C15H20ClN3O2/c1-10-8-13(18-17-10)15(20)19-6-7-21-14(9-19)11-2-4-12(16)5-3-11/h2-5,10,13-14,17-18H,6-9H2,1H3. The molecule has 6 heteroatoms. The molecule has 2 heterocycles. The van der Waals surface area contributed by atoms with E-state index in [4.69, 9.17) is 16.3 Å². The third-order valence-corrected chi connectivity index (χ3v) is 4.26. The fraction of sp³-hybridized carbons (Fsp3) is 0.533. The molecular formula is C15H20ClN3O2. The Labute approximate surface area is 129 Å². The summed E-state index contributed by atoms with van der Waals surface area (Å²) in [4.78, 5) is 14.4. The number of morpholine rings is 1. The van der Waals surface area contributed by atoms with Crippen molar-refractivity contribution in [1.82, 2.24) is 15.8 Å². The third kappa shape index (κ3) is 3.37. The largest absolute Gasteiger partial charge is 0.370 e. The van der Waals surface area contributed by atoms with Gasteiger partial charge in [0.25, 0.3) is 0 Å². The zero-order valence-electron chi connectivity index (χ0n) is 12.0. The van der Waals surface area contributed by atoms with Crippen molar-refractivity contribution in [3.05, 3.63) is 34.9 Å². The summed E-state index contributed by atoms with van der Waals surface area (Å²) in [5.74, 6) is 0.147. The van der Waals surface area contributed by atoms with Crippen molar-refractivity contribution < 1.29 is 9.53 Å². The molecule has 0 spiro atoms. The molecule has 0 aromatic heterocycles. The Balaban J connectivity index is 1.65. The normalized spacial score (nSPS) is 29.6. The van der Waals surface area contributed by atoms with E-state index in [9.17, 15) is 4.79 Å². The van der Waals surface area contributed by atoms with Crippen molar-refractivity contribution in [3.8, 4) is 0 Å². The molecule has 3 atom stereocenters. The molecular weight excluding hydrogens is 290 g/mol. The van der Waals surface area contributed by atoms with Crippen LogP contribution in [0.5, 0.6) is 0 Å². The second-order valence-corrected chi connectivity index (χ2v) is 6.11. The average Bonchev–Trinajstić information content (AvgIpc) is 2.94. The van der Waals surface area contributed by atoms with Crippen LogP contribution >= 0.6 is 11.6 Å². The second-order valence-electron chi connectivity index (χ2n) is 5.67. The van der Waals surface area contributed by atoms with Gasteiger partial charge in [-0.2, -0.15) is 0 Å². The van der Waals surface area contributed by atoms with Gasteiger partial charge in [-0.15, -0.1) is 0 Å². The van der Waals surface area contributed by atoms with Crippen molar-refractivity contribution in [3.63, 3.8) is 0 Å². The summed E-state index contributed by atoms with van der Waals surface area (Å²) in [7, 11) is 0. The lowest BCUT2D eigenvalue weighted by Crippen LogP contribution is -2.50. The maximum Gasteiger partial charge on any atom is 0.241 e. The Morgan fingerprint density at radius 3 is 2.76 bits per heavy atom. The average molecular weight is 310 g/mol. The first-order chi connectivity index (χ1) is 10.1. The molecule has 1 amide bonds. The molecule has 2 aliphatic rings. The number of nitrogens with one attached hydrogen (secondary N) is 2. The van der Waals surface area contributed by atoms with E-state index in [1.165, 1.54) is 0 Å². The Kier molecular flexibility index (Phi) is 4.45. The minimum Gasteiger partial charge on any atom is -0.370 e. The van der Waals surface area contributed by atoms with Gasteiger partial charge in [0.15, 0.2) is 0 Å². The van der Waals surface area contributed by atoms with Crippen molar-refractivity contribution in [2.45, 2.75) is 31.5 Å². The van der Waals surface area contributed by atoms with E-state index < -0.39 is 0 Å². The first-order valence-electron chi connectivity index (χ1n) is 7.30. The number of ether oxygens (including phenoxy) is 1. The molecule has 0 aliphatic carbocycles. The molecule has 114 valence electrons. The highest BCUT2D eigenvalue weighted by atomic mass is 35.5. The number of carbonyl (C=O) groups excluding carboxylic acids is 1. The number of amides is 1. The number of nitrogens with zero attached hydrogens (tertiary/aromatic N) is 1. The van der Waals surface area contributed by atoms with Gasteiger partial charge in [0.1, 0.15) is 12.1 Å². The van der Waals surface area contributed by atoms with Crippen LogP contribution in [0, 0.1) is 0 Å². The van der Waals surface area contributed by atoms with Crippen LogP contribution in [0.1, 0.15) is 25.0 Å². The summed E-state index contributed by atoms with van der Waals surface area (Å²) in [5, 5.41) is 0.706. The van der Waals surface area contributed by atoms with Gasteiger partial charge in [-0.05, 0) is 31.0 Å². The minimum atomic E-state index is -0.135. The number of rotatable bonds is 2. The lowest BCUT2D eigenvalue weighted by molar-refractivity contribution is -0.141. The fourth-order valence-electron chi connectivity index (χ4n) is 2.83. The molecule has 3 rings (SSSR count). The van der Waals surface area contributed by atoms with E-state index in [0.717, 1.165) is 12.0 Å². The van der Waals surface area contributed by atoms with Crippen LogP contribution in [0.4, 0.5) is 0 Å². The molecule has 1 aromatic rings. The molecule has 21 heavy (non-hydrogen) atoms. The predicted molar refractivity (Wildman–Crippen MR) is 80.9 cm³/mol. The number of hydrazine groups is 1. The summed E-state index contributed by atoms with van der Waals surface area (Å²) < 4.78 is 5.80. The molecule has 5 nitrogen and oxygen atoms in total. The molecule has 3 unspecified atom stereocenters. The molecule has 0 radical (unpaired) electrons. The summed E-state index contributed by atoms with van der Waals surface area (Å²) in [5.41, 5.74) is 7.22. The van der Waals surface area contributed by atoms with Gasteiger partial charge in [-0.25, -0.2) is 5.43 Å². The topological polar surface area (TPSA) is 53.6 Å². The Morgan fingerprint density at radius 1 is 1.33 bits per heavy atom. The fourth-order valence-corrected chi connectivity index (χ4v) is 2.95. The second kappa shape index (κ2) is 6.32. The summed E-state index contributed by atoms with van der Waals surface area (Å²) >= 11 is 5.91.